The Labute approximate surface area is 90.8 Å². The van der Waals surface area contributed by atoms with Gasteiger partial charge < -0.3 is 15.1 Å². The highest BCUT2D eigenvalue weighted by Crippen LogP contribution is 2.10. The largest absolute Gasteiger partial charge is 0.469 e. The Balaban J connectivity index is 2.63. The van der Waals surface area contributed by atoms with Gasteiger partial charge in [-0.25, -0.2) is 0 Å². The van der Waals surface area contributed by atoms with Gasteiger partial charge in [0.2, 0.25) is 0 Å². The summed E-state index contributed by atoms with van der Waals surface area (Å²) in [4.78, 5) is 6.19. The van der Waals surface area contributed by atoms with Crippen LogP contribution in [0.15, 0.2) is 21.7 Å². The Bertz CT molecular complexity index is 341. The topological polar surface area (TPSA) is 54.8 Å². The second-order valence-electron chi connectivity index (χ2n) is 3.94. The molecule has 1 aromatic heterocycles. The van der Waals surface area contributed by atoms with E-state index in [0.717, 1.165) is 17.9 Å². The van der Waals surface area contributed by atoms with E-state index >= 15 is 0 Å². The van der Waals surface area contributed by atoms with E-state index in [0.29, 0.717) is 5.96 Å². The van der Waals surface area contributed by atoms with Crippen molar-refractivity contribution in [3.05, 3.63) is 23.7 Å². The summed E-state index contributed by atoms with van der Waals surface area (Å²) in [6, 6.07) is 2.17. The van der Waals surface area contributed by atoms with Crippen molar-refractivity contribution in [2.75, 3.05) is 7.05 Å². The minimum atomic E-state index is 0.220. The molecular weight excluding hydrogens is 190 g/mol. The van der Waals surface area contributed by atoms with E-state index in [1.807, 2.05) is 38.8 Å². The highest BCUT2D eigenvalue weighted by molar-refractivity contribution is 5.77. The lowest BCUT2D eigenvalue weighted by molar-refractivity contribution is 0.473. The number of nitrogens with zero attached hydrogens (tertiary/aromatic N) is 2. The van der Waals surface area contributed by atoms with E-state index in [1.165, 1.54) is 0 Å². The first-order valence-corrected chi connectivity index (χ1v) is 5.08. The molecule has 1 aromatic rings. The summed E-state index contributed by atoms with van der Waals surface area (Å²) in [5.74, 6) is 1.49. The number of nitrogens with two attached hydrogens (primary N) is 1. The second-order valence-corrected chi connectivity index (χ2v) is 3.94. The second kappa shape index (κ2) is 4.87. The van der Waals surface area contributed by atoms with E-state index in [2.05, 4.69) is 4.99 Å². The molecule has 0 radical (unpaired) electrons. The van der Waals surface area contributed by atoms with Gasteiger partial charge in [0.05, 0.1) is 6.26 Å². The quantitative estimate of drug-likeness (QED) is 0.609. The normalized spacial score (nSPS) is 12.2. The van der Waals surface area contributed by atoms with Crippen molar-refractivity contribution < 1.29 is 4.42 Å². The third-order valence-electron chi connectivity index (χ3n) is 2.16. The Kier molecular flexibility index (Phi) is 3.77. The van der Waals surface area contributed by atoms with Gasteiger partial charge in [-0.3, -0.25) is 4.99 Å². The van der Waals surface area contributed by atoms with Crippen LogP contribution in [0.5, 0.6) is 0 Å². The Morgan fingerprint density at radius 3 is 2.73 bits per heavy atom. The molecule has 0 bridgehead atoms. The molecule has 0 saturated carbocycles. The van der Waals surface area contributed by atoms with E-state index in [1.54, 1.807) is 6.26 Å². The lowest BCUT2D eigenvalue weighted by Crippen LogP contribution is -2.34. The monoisotopic (exact) mass is 209 g/mol. The lowest BCUT2D eigenvalue weighted by Gasteiger charge is -2.18. The number of furan rings is 1. The lowest BCUT2D eigenvalue weighted by atomic mass is 10.2. The minimum Gasteiger partial charge on any atom is -0.469 e. The first-order valence-electron chi connectivity index (χ1n) is 5.08. The van der Waals surface area contributed by atoms with Crippen molar-refractivity contribution >= 4 is 5.96 Å². The van der Waals surface area contributed by atoms with E-state index in [4.69, 9.17) is 10.2 Å². The summed E-state index contributed by atoms with van der Waals surface area (Å²) in [5, 5.41) is 0. The molecule has 0 fully saturated rings. The third kappa shape index (κ3) is 3.31. The number of hydrogen-bond donors (Lipinski definition) is 1. The number of hydrogen-bond acceptors (Lipinski definition) is 2. The van der Waals surface area contributed by atoms with E-state index < -0.39 is 0 Å². The van der Waals surface area contributed by atoms with Gasteiger partial charge in [0.1, 0.15) is 5.76 Å². The molecule has 0 spiro atoms. The van der Waals surface area contributed by atoms with Crippen LogP contribution in [0.25, 0.3) is 0 Å². The summed E-state index contributed by atoms with van der Waals surface area (Å²) in [7, 11) is 1.92. The van der Waals surface area contributed by atoms with Crippen LogP contribution in [0.3, 0.4) is 0 Å². The molecule has 1 rings (SSSR count). The predicted molar refractivity (Wildman–Crippen MR) is 61.7 cm³/mol. The van der Waals surface area contributed by atoms with Crippen LogP contribution in [0.1, 0.15) is 25.2 Å². The zero-order valence-corrected chi connectivity index (χ0v) is 9.82. The molecule has 0 aliphatic carbocycles. The zero-order valence-electron chi connectivity index (χ0n) is 9.82. The van der Waals surface area contributed by atoms with Gasteiger partial charge in [-0.15, -0.1) is 0 Å². The molecule has 2 N–H and O–H groups in total. The smallest absolute Gasteiger partial charge is 0.191 e. The Hall–Kier alpha value is -1.45. The van der Waals surface area contributed by atoms with Crippen LogP contribution in [0.2, 0.25) is 0 Å². The van der Waals surface area contributed by atoms with Crippen molar-refractivity contribution in [1.29, 1.82) is 0 Å². The molecule has 0 aliphatic heterocycles. The van der Waals surface area contributed by atoms with Crippen LogP contribution < -0.4 is 5.73 Å². The van der Waals surface area contributed by atoms with Crippen molar-refractivity contribution in [3.8, 4) is 0 Å². The average Bonchev–Trinajstić information content (AvgIpc) is 2.50. The summed E-state index contributed by atoms with van der Waals surface area (Å²) in [5.41, 5.74) is 6.97. The Morgan fingerprint density at radius 1 is 1.60 bits per heavy atom. The first-order chi connectivity index (χ1) is 7.00. The fraction of sp³-hybridized carbons (Fsp3) is 0.545. The van der Waals surface area contributed by atoms with Crippen LogP contribution in [0, 0.1) is 6.92 Å². The number of guanidine groups is 1. The van der Waals surface area contributed by atoms with Gasteiger partial charge in [0, 0.05) is 25.2 Å². The minimum absolute atomic E-state index is 0.220. The molecule has 0 atom stereocenters. The zero-order chi connectivity index (χ0) is 11.4. The van der Waals surface area contributed by atoms with Crippen molar-refractivity contribution in [3.63, 3.8) is 0 Å². The maximum Gasteiger partial charge on any atom is 0.191 e. The summed E-state index contributed by atoms with van der Waals surface area (Å²) >= 11 is 0. The van der Waals surface area contributed by atoms with Crippen LogP contribution in [-0.2, 0) is 6.54 Å². The number of rotatable bonds is 3. The predicted octanol–water partition coefficient (Wildman–Crippen LogP) is 1.74. The molecule has 84 valence electrons. The number of aryl methyl sites for hydroxylation is 1. The number of aliphatic imine (C=N–C) groups is 1. The highest BCUT2D eigenvalue weighted by Gasteiger charge is 2.07. The van der Waals surface area contributed by atoms with Gasteiger partial charge in [0.25, 0.3) is 0 Å². The van der Waals surface area contributed by atoms with Crippen LogP contribution in [-0.4, -0.2) is 23.9 Å². The standard InChI is InChI=1S/C11H19N3O/c1-8(2)13-11(12)14(4)7-10-5-6-15-9(10)3/h5-6,8H,7H2,1-4H3,(H2,12,13). The van der Waals surface area contributed by atoms with E-state index in [9.17, 15) is 0 Å². The molecular formula is C11H19N3O. The van der Waals surface area contributed by atoms with Gasteiger partial charge in [-0.05, 0) is 26.8 Å². The fourth-order valence-corrected chi connectivity index (χ4v) is 1.27. The van der Waals surface area contributed by atoms with Gasteiger partial charge >= 0.3 is 0 Å². The molecule has 4 heteroatoms. The summed E-state index contributed by atoms with van der Waals surface area (Å²) in [6.07, 6.45) is 1.69. The van der Waals surface area contributed by atoms with Crippen LogP contribution >= 0.6 is 0 Å². The maximum absolute atomic E-state index is 5.83. The SMILES string of the molecule is Cc1occc1CN(C)C(N)=NC(C)C. The van der Waals surface area contributed by atoms with Crippen molar-refractivity contribution in [2.24, 2.45) is 10.7 Å². The summed E-state index contributed by atoms with van der Waals surface area (Å²) in [6.45, 7) is 6.68. The Morgan fingerprint density at radius 2 is 2.27 bits per heavy atom. The molecule has 4 nitrogen and oxygen atoms in total. The molecule has 0 saturated heterocycles. The molecule has 1 heterocycles. The molecule has 0 aliphatic rings. The molecule has 0 amide bonds. The summed E-state index contributed by atoms with van der Waals surface area (Å²) < 4.78 is 5.22. The van der Waals surface area contributed by atoms with Crippen molar-refractivity contribution in [2.45, 2.75) is 33.4 Å². The van der Waals surface area contributed by atoms with Gasteiger partial charge in [-0.1, -0.05) is 0 Å². The fourth-order valence-electron chi connectivity index (χ4n) is 1.27. The highest BCUT2D eigenvalue weighted by atomic mass is 16.3. The molecule has 15 heavy (non-hydrogen) atoms. The van der Waals surface area contributed by atoms with Crippen molar-refractivity contribution in [1.82, 2.24) is 4.90 Å². The molecule has 0 unspecified atom stereocenters. The average molecular weight is 209 g/mol. The first kappa shape index (κ1) is 11.6. The third-order valence-corrected chi connectivity index (χ3v) is 2.16. The van der Waals surface area contributed by atoms with Gasteiger partial charge in [-0.2, -0.15) is 0 Å². The molecule has 0 aromatic carbocycles. The maximum atomic E-state index is 5.83. The van der Waals surface area contributed by atoms with E-state index in [-0.39, 0.29) is 6.04 Å². The van der Waals surface area contributed by atoms with Crippen LogP contribution in [0.4, 0.5) is 0 Å². The van der Waals surface area contributed by atoms with Gasteiger partial charge in [0.15, 0.2) is 5.96 Å².